The summed E-state index contributed by atoms with van der Waals surface area (Å²) in [4.78, 5) is 12.1. The zero-order valence-corrected chi connectivity index (χ0v) is 15.1. The Morgan fingerprint density at radius 3 is 2.46 bits per heavy atom. The number of nitrogens with one attached hydrogen (secondary N) is 1. The molecule has 0 saturated carbocycles. The van der Waals surface area contributed by atoms with Crippen LogP contribution in [-0.4, -0.2) is 40.6 Å². The highest BCUT2D eigenvalue weighted by molar-refractivity contribution is 7.93. The molecule has 3 rings (SSSR count). The summed E-state index contributed by atoms with van der Waals surface area (Å²) in [7, 11) is -3.50. The number of alkyl halides is 2. The summed E-state index contributed by atoms with van der Waals surface area (Å²) in [6, 6.07) is 2.68. The minimum Gasteiger partial charge on any atom is -0.338 e. The van der Waals surface area contributed by atoms with Gasteiger partial charge in [-0.2, -0.15) is 0 Å². The van der Waals surface area contributed by atoms with Crippen molar-refractivity contribution < 1.29 is 26.0 Å². The van der Waals surface area contributed by atoms with Gasteiger partial charge in [0.25, 0.3) is 6.43 Å². The molecule has 3 aromatic rings. The molecule has 0 radical (unpaired) electrons. The van der Waals surface area contributed by atoms with Gasteiger partial charge in [-0.05, 0) is 18.2 Å². The van der Waals surface area contributed by atoms with Crippen molar-refractivity contribution in [1.29, 1.82) is 0 Å². The number of hydrogen-bond acceptors (Lipinski definition) is 6. The topological polar surface area (TPSA) is 89.8 Å². The summed E-state index contributed by atoms with van der Waals surface area (Å²) in [5.74, 6) is -1.83. The number of benzene rings is 1. The maximum atomic E-state index is 13.4. The molecule has 0 bridgehead atoms. The van der Waals surface area contributed by atoms with Gasteiger partial charge in [-0.3, -0.25) is 0 Å². The molecule has 0 aliphatic carbocycles. The second-order valence-corrected chi connectivity index (χ2v) is 7.74. The molecule has 0 fully saturated rings. The van der Waals surface area contributed by atoms with Crippen LogP contribution in [0.3, 0.4) is 0 Å². The van der Waals surface area contributed by atoms with E-state index in [4.69, 9.17) is 0 Å². The predicted octanol–water partition coefficient (Wildman–Crippen LogP) is 3.13. The molecule has 1 N–H and O–H groups in total. The predicted molar refractivity (Wildman–Crippen MR) is 94.8 cm³/mol. The summed E-state index contributed by atoms with van der Waals surface area (Å²) in [6.07, 6.45) is 0.465. The average Bonchev–Trinajstić information content (AvgIpc) is 2.94. The molecule has 0 atom stereocenters. The van der Waals surface area contributed by atoms with Crippen LogP contribution >= 0.6 is 0 Å². The van der Waals surface area contributed by atoms with Gasteiger partial charge in [0, 0.05) is 23.4 Å². The molecule has 0 spiro atoms. The molecule has 148 valence electrons. The van der Waals surface area contributed by atoms with E-state index in [1.807, 2.05) is 0 Å². The first-order chi connectivity index (χ1) is 13.1. The molecule has 28 heavy (non-hydrogen) atoms. The molecule has 1 aromatic carbocycles. The third kappa shape index (κ3) is 4.82. The van der Waals surface area contributed by atoms with Gasteiger partial charge in [-0.25, -0.2) is 40.9 Å². The van der Waals surface area contributed by atoms with Crippen molar-refractivity contribution in [2.24, 2.45) is 0 Å². The lowest BCUT2D eigenvalue weighted by molar-refractivity contribution is 0.128. The summed E-state index contributed by atoms with van der Waals surface area (Å²) < 4.78 is 76.1. The zero-order chi connectivity index (χ0) is 20.5. The van der Waals surface area contributed by atoms with Crippen LogP contribution in [0.5, 0.6) is 0 Å². The number of rotatable bonds is 6. The van der Waals surface area contributed by atoms with Crippen LogP contribution in [0.15, 0.2) is 29.9 Å². The number of sulfone groups is 1. The molecule has 2 aromatic heterocycles. The minimum absolute atomic E-state index is 0.000970. The quantitative estimate of drug-likeness (QED) is 0.623. The van der Waals surface area contributed by atoms with Crippen molar-refractivity contribution in [2.75, 3.05) is 11.6 Å². The van der Waals surface area contributed by atoms with E-state index >= 15 is 0 Å². The largest absolute Gasteiger partial charge is 0.338 e. The first-order valence-corrected chi connectivity index (χ1v) is 9.68. The molecule has 0 unspecified atom stereocenters. The highest BCUT2D eigenvalue weighted by Crippen LogP contribution is 2.25. The van der Waals surface area contributed by atoms with Gasteiger partial charge in [0.1, 0.15) is 11.6 Å². The first-order valence-electron chi connectivity index (χ1n) is 7.73. The van der Waals surface area contributed by atoms with E-state index in [-0.39, 0.29) is 28.5 Å². The minimum atomic E-state index is -3.50. The van der Waals surface area contributed by atoms with Gasteiger partial charge in [-0.1, -0.05) is 0 Å². The molecule has 7 nitrogen and oxygen atoms in total. The third-order valence-corrected chi connectivity index (χ3v) is 4.04. The third-order valence-electron chi connectivity index (χ3n) is 3.41. The maximum absolute atomic E-state index is 13.4. The van der Waals surface area contributed by atoms with Crippen LogP contribution in [0.1, 0.15) is 5.82 Å². The standard InChI is InChI=1S/C16H13F4N5O2S/c1-28(26,27)3-2-13-23-15(22-11-5-9(17)4-10(18)6-11)14-16(24-13)25(8-21-14)7-12(19)20/h2-6,8,12H,7H2,1H3,(H,22,23,24)/b3-2+. The molecular weight excluding hydrogens is 402 g/mol. The summed E-state index contributed by atoms with van der Waals surface area (Å²) in [5, 5.41) is 3.50. The lowest BCUT2D eigenvalue weighted by Crippen LogP contribution is -2.07. The summed E-state index contributed by atoms with van der Waals surface area (Å²) in [6.45, 7) is -0.698. The van der Waals surface area contributed by atoms with Gasteiger partial charge >= 0.3 is 0 Å². The molecule has 0 aliphatic rings. The first kappa shape index (κ1) is 19.7. The Balaban J connectivity index is 2.13. The Morgan fingerprint density at radius 1 is 1.18 bits per heavy atom. The number of imidazole rings is 1. The van der Waals surface area contributed by atoms with Gasteiger partial charge in [-0.15, -0.1) is 0 Å². The number of anilines is 2. The number of hydrogen-bond donors (Lipinski definition) is 1. The van der Waals surface area contributed by atoms with E-state index in [2.05, 4.69) is 20.3 Å². The number of fused-ring (bicyclic) bond motifs is 1. The van der Waals surface area contributed by atoms with Crippen LogP contribution in [0.2, 0.25) is 0 Å². The number of halogens is 4. The normalized spacial score (nSPS) is 12.4. The summed E-state index contributed by atoms with van der Waals surface area (Å²) >= 11 is 0. The van der Waals surface area contributed by atoms with E-state index in [1.165, 1.54) is 0 Å². The van der Waals surface area contributed by atoms with Crippen molar-refractivity contribution in [3.63, 3.8) is 0 Å². The highest BCUT2D eigenvalue weighted by Gasteiger charge is 2.16. The summed E-state index contributed by atoms with van der Waals surface area (Å²) in [5.41, 5.74) is 0.0728. The monoisotopic (exact) mass is 415 g/mol. The van der Waals surface area contributed by atoms with Crippen molar-refractivity contribution in [1.82, 2.24) is 19.5 Å². The molecule has 0 aliphatic heterocycles. The molecule has 0 amide bonds. The Hall–Kier alpha value is -3.02. The van der Waals surface area contributed by atoms with Crippen LogP contribution in [0.25, 0.3) is 17.2 Å². The van der Waals surface area contributed by atoms with Crippen LogP contribution in [0, 0.1) is 11.6 Å². The fraction of sp³-hybridized carbons (Fsp3) is 0.188. The van der Waals surface area contributed by atoms with Crippen LogP contribution < -0.4 is 5.32 Å². The molecule has 2 heterocycles. The van der Waals surface area contributed by atoms with Gasteiger partial charge in [0.15, 0.2) is 32.6 Å². The molecule has 12 heteroatoms. The second-order valence-electron chi connectivity index (χ2n) is 5.81. The Kier molecular flexibility index (Phi) is 5.31. The molecule has 0 saturated heterocycles. The Morgan fingerprint density at radius 2 is 1.86 bits per heavy atom. The van der Waals surface area contributed by atoms with E-state index in [0.717, 1.165) is 40.8 Å². The Bertz CT molecular complexity index is 1140. The van der Waals surface area contributed by atoms with Crippen molar-refractivity contribution >= 4 is 38.6 Å². The highest BCUT2D eigenvalue weighted by atomic mass is 32.2. The van der Waals surface area contributed by atoms with Crippen molar-refractivity contribution in [2.45, 2.75) is 13.0 Å². The maximum Gasteiger partial charge on any atom is 0.256 e. The fourth-order valence-electron chi connectivity index (χ4n) is 2.35. The zero-order valence-electron chi connectivity index (χ0n) is 14.3. The smallest absolute Gasteiger partial charge is 0.256 e. The van der Waals surface area contributed by atoms with Crippen molar-refractivity contribution in [3.05, 3.63) is 47.4 Å². The fourth-order valence-corrected chi connectivity index (χ4v) is 2.72. The molecular formula is C16H13F4N5O2S. The van der Waals surface area contributed by atoms with E-state index < -0.39 is 34.4 Å². The lowest BCUT2D eigenvalue weighted by atomic mass is 10.3. The Labute approximate surface area is 156 Å². The lowest BCUT2D eigenvalue weighted by Gasteiger charge is -2.09. The van der Waals surface area contributed by atoms with E-state index in [9.17, 15) is 26.0 Å². The van der Waals surface area contributed by atoms with Crippen molar-refractivity contribution in [3.8, 4) is 0 Å². The average molecular weight is 415 g/mol. The van der Waals surface area contributed by atoms with E-state index in [0.29, 0.717) is 6.07 Å². The SMILES string of the molecule is CS(=O)(=O)/C=C/c1nc(Nc2cc(F)cc(F)c2)c2ncn(CC(F)F)c2n1. The van der Waals surface area contributed by atoms with Crippen LogP contribution in [-0.2, 0) is 16.4 Å². The second kappa shape index (κ2) is 7.54. The number of aromatic nitrogens is 4. The van der Waals surface area contributed by atoms with Crippen LogP contribution in [0.4, 0.5) is 29.1 Å². The van der Waals surface area contributed by atoms with Gasteiger partial charge in [0.05, 0.1) is 12.9 Å². The van der Waals surface area contributed by atoms with E-state index in [1.54, 1.807) is 0 Å². The van der Waals surface area contributed by atoms with Gasteiger partial charge < -0.3 is 9.88 Å². The van der Waals surface area contributed by atoms with Gasteiger partial charge in [0.2, 0.25) is 0 Å². The number of nitrogens with zero attached hydrogens (tertiary/aromatic N) is 4.